The highest BCUT2D eigenvalue weighted by Gasteiger charge is 2.11. The number of H-pyrrole nitrogens is 1. The van der Waals surface area contributed by atoms with Crippen LogP contribution in [-0.2, 0) is 11.2 Å². The SMILES string of the molecule is COCC[C@@H](C)NCCc1c(C)[nH]c2c(C)c(C)ccc12. The topological polar surface area (TPSA) is 37.0 Å². The van der Waals surface area contributed by atoms with E-state index in [4.69, 9.17) is 4.74 Å². The monoisotopic (exact) mass is 288 g/mol. The minimum absolute atomic E-state index is 0.499. The van der Waals surface area contributed by atoms with Gasteiger partial charge in [-0.25, -0.2) is 0 Å². The van der Waals surface area contributed by atoms with E-state index < -0.39 is 0 Å². The van der Waals surface area contributed by atoms with Crippen molar-refractivity contribution in [1.29, 1.82) is 0 Å². The molecule has 21 heavy (non-hydrogen) atoms. The van der Waals surface area contributed by atoms with Gasteiger partial charge in [0.1, 0.15) is 0 Å². The molecule has 0 spiro atoms. The van der Waals surface area contributed by atoms with Crippen LogP contribution in [0, 0.1) is 20.8 Å². The fraction of sp³-hybridized carbons (Fsp3) is 0.556. The van der Waals surface area contributed by atoms with Crippen LogP contribution in [0.4, 0.5) is 0 Å². The van der Waals surface area contributed by atoms with Crippen LogP contribution in [0.25, 0.3) is 10.9 Å². The Kier molecular flexibility index (Phi) is 5.43. The molecule has 0 aliphatic carbocycles. The van der Waals surface area contributed by atoms with Gasteiger partial charge < -0.3 is 15.0 Å². The number of fused-ring (bicyclic) bond motifs is 1. The molecule has 0 amide bonds. The lowest BCUT2D eigenvalue weighted by atomic mass is 10.0. The van der Waals surface area contributed by atoms with Gasteiger partial charge in [-0.3, -0.25) is 0 Å². The van der Waals surface area contributed by atoms with Crippen LogP contribution < -0.4 is 5.32 Å². The molecule has 0 radical (unpaired) electrons. The maximum Gasteiger partial charge on any atom is 0.0491 e. The van der Waals surface area contributed by atoms with Gasteiger partial charge in [-0.05, 0) is 63.8 Å². The molecule has 0 aliphatic rings. The van der Waals surface area contributed by atoms with Crippen molar-refractivity contribution in [2.75, 3.05) is 20.3 Å². The molecule has 0 aliphatic heterocycles. The van der Waals surface area contributed by atoms with Crippen LogP contribution in [0.5, 0.6) is 0 Å². The first-order valence-corrected chi connectivity index (χ1v) is 7.84. The first kappa shape index (κ1) is 16.1. The zero-order valence-electron chi connectivity index (χ0n) is 14.0. The molecular weight excluding hydrogens is 260 g/mol. The van der Waals surface area contributed by atoms with Gasteiger partial charge in [0.05, 0.1) is 0 Å². The molecule has 2 N–H and O–H groups in total. The Labute approximate surface area is 128 Å². The van der Waals surface area contributed by atoms with Crippen LogP contribution in [-0.4, -0.2) is 31.3 Å². The van der Waals surface area contributed by atoms with E-state index >= 15 is 0 Å². The standard InChI is InChI=1S/C18H28N2O/c1-12-6-7-17-16(15(4)20-18(17)14(12)3)8-10-19-13(2)9-11-21-5/h6-7,13,19-20H,8-11H2,1-5H3/t13-/m1/s1. The van der Waals surface area contributed by atoms with E-state index in [-0.39, 0.29) is 0 Å². The molecule has 2 aromatic rings. The summed E-state index contributed by atoms with van der Waals surface area (Å²) < 4.78 is 5.12. The van der Waals surface area contributed by atoms with Crippen molar-refractivity contribution in [2.45, 2.75) is 46.6 Å². The summed E-state index contributed by atoms with van der Waals surface area (Å²) in [6.45, 7) is 10.6. The van der Waals surface area contributed by atoms with E-state index in [1.165, 1.54) is 33.3 Å². The van der Waals surface area contributed by atoms with E-state index in [2.05, 4.69) is 50.1 Å². The molecule has 3 nitrogen and oxygen atoms in total. The number of rotatable bonds is 7. The second-order valence-corrected chi connectivity index (χ2v) is 6.05. The van der Waals surface area contributed by atoms with Gasteiger partial charge in [0.15, 0.2) is 0 Å². The van der Waals surface area contributed by atoms with Gasteiger partial charge in [0.25, 0.3) is 0 Å². The second kappa shape index (κ2) is 7.10. The van der Waals surface area contributed by atoms with Gasteiger partial charge >= 0.3 is 0 Å². The van der Waals surface area contributed by atoms with Crippen molar-refractivity contribution in [3.8, 4) is 0 Å². The fourth-order valence-electron chi connectivity index (χ4n) is 2.86. The summed E-state index contributed by atoms with van der Waals surface area (Å²) in [5, 5.41) is 4.96. The summed E-state index contributed by atoms with van der Waals surface area (Å²) in [7, 11) is 1.76. The van der Waals surface area contributed by atoms with Gasteiger partial charge in [0.2, 0.25) is 0 Å². The Balaban J connectivity index is 2.05. The van der Waals surface area contributed by atoms with Crippen LogP contribution in [0.2, 0.25) is 0 Å². The van der Waals surface area contributed by atoms with E-state index in [1.54, 1.807) is 7.11 Å². The lowest BCUT2D eigenvalue weighted by Gasteiger charge is -2.13. The highest BCUT2D eigenvalue weighted by atomic mass is 16.5. The lowest BCUT2D eigenvalue weighted by Crippen LogP contribution is -2.29. The summed E-state index contributed by atoms with van der Waals surface area (Å²) in [6.07, 6.45) is 2.12. The minimum atomic E-state index is 0.499. The van der Waals surface area contributed by atoms with Crippen molar-refractivity contribution in [3.05, 3.63) is 34.5 Å². The number of aromatic amines is 1. The van der Waals surface area contributed by atoms with Gasteiger partial charge in [-0.15, -0.1) is 0 Å². The normalized spacial score (nSPS) is 13.0. The zero-order chi connectivity index (χ0) is 15.4. The van der Waals surface area contributed by atoms with Crippen molar-refractivity contribution in [3.63, 3.8) is 0 Å². The van der Waals surface area contributed by atoms with Crippen molar-refractivity contribution in [2.24, 2.45) is 0 Å². The quantitative estimate of drug-likeness (QED) is 0.816. The molecule has 0 fully saturated rings. The summed E-state index contributed by atoms with van der Waals surface area (Å²) in [4.78, 5) is 3.56. The molecule has 3 heteroatoms. The molecule has 1 atom stereocenters. The van der Waals surface area contributed by atoms with E-state index in [9.17, 15) is 0 Å². The first-order chi connectivity index (χ1) is 10.0. The third kappa shape index (κ3) is 3.66. The first-order valence-electron chi connectivity index (χ1n) is 7.84. The maximum atomic E-state index is 5.12. The largest absolute Gasteiger partial charge is 0.385 e. The van der Waals surface area contributed by atoms with Crippen LogP contribution >= 0.6 is 0 Å². The Hall–Kier alpha value is -1.32. The smallest absolute Gasteiger partial charge is 0.0491 e. The number of nitrogens with one attached hydrogen (secondary N) is 2. The average Bonchev–Trinajstić information content (AvgIpc) is 2.78. The number of ether oxygens (including phenoxy) is 1. The summed E-state index contributed by atoms with van der Waals surface area (Å²) >= 11 is 0. The Morgan fingerprint density at radius 2 is 2.00 bits per heavy atom. The molecule has 1 heterocycles. The number of hydrogen-bond acceptors (Lipinski definition) is 2. The van der Waals surface area contributed by atoms with E-state index in [1.807, 2.05) is 0 Å². The Bertz CT molecular complexity index is 601. The van der Waals surface area contributed by atoms with E-state index in [0.717, 1.165) is 26.0 Å². The summed E-state index contributed by atoms with van der Waals surface area (Å²) in [5.41, 5.74) is 6.75. The predicted molar refractivity (Wildman–Crippen MR) is 90.2 cm³/mol. The average molecular weight is 288 g/mol. The van der Waals surface area contributed by atoms with E-state index in [0.29, 0.717) is 6.04 Å². The molecule has 2 rings (SSSR count). The van der Waals surface area contributed by atoms with Gasteiger partial charge in [0, 0.05) is 36.4 Å². The molecule has 0 bridgehead atoms. The highest BCUT2D eigenvalue weighted by Crippen LogP contribution is 2.26. The molecule has 0 unspecified atom stereocenters. The molecule has 1 aromatic carbocycles. The minimum Gasteiger partial charge on any atom is -0.385 e. The number of methoxy groups -OCH3 is 1. The molecule has 1 aromatic heterocycles. The number of benzene rings is 1. The molecule has 0 saturated heterocycles. The number of aromatic nitrogens is 1. The fourth-order valence-corrected chi connectivity index (χ4v) is 2.86. The Morgan fingerprint density at radius 3 is 2.71 bits per heavy atom. The highest BCUT2D eigenvalue weighted by molar-refractivity contribution is 5.88. The van der Waals surface area contributed by atoms with Crippen molar-refractivity contribution in [1.82, 2.24) is 10.3 Å². The predicted octanol–water partition coefficient (Wildman–Crippen LogP) is 3.65. The third-order valence-electron chi connectivity index (χ3n) is 4.45. The third-order valence-corrected chi connectivity index (χ3v) is 4.45. The second-order valence-electron chi connectivity index (χ2n) is 6.05. The number of hydrogen-bond donors (Lipinski definition) is 2. The molecule has 116 valence electrons. The summed E-state index contributed by atoms with van der Waals surface area (Å²) in [6, 6.07) is 4.98. The summed E-state index contributed by atoms with van der Waals surface area (Å²) in [5.74, 6) is 0. The van der Waals surface area contributed by atoms with Crippen LogP contribution in [0.1, 0.15) is 35.7 Å². The molecule has 0 saturated carbocycles. The van der Waals surface area contributed by atoms with Crippen molar-refractivity contribution >= 4 is 10.9 Å². The molecular formula is C18H28N2O. The van der Waals surface area contributed by atoms with Gasteiger partial charge in [-0.2, -0.15) is 0 Å². The van der Waals surface area contributed by atoms with Crippen LogP contribution in [0.15, 0.2) is 12.1 Å². The van der Waals surface area contributed by atoms with Crippen LogP contribution in [0.3, 0.4) is 0 Å². The Morgan fingerprint density at radius 1 is 1.24 bits per heavy atom. The maximum absolute atomic E-state index is 5.12. The van der Waals surface area contributed by atoms with Crippen molar-refractivity contribution < 1.29 is 4.74 Å². The lowest BCUT2D eigenvalue weighted by molar-refractivity contribution is 0.185. The zero-order valence-corrected chi connectivity index (χ0v) is 14.0. The number of aryl methyl sites for hydroxylation is 3. The van der Waals surface area contributed by atoms with Gasteiger partial charge in [-0.1, -0.05) is 12.1 Å².